The maximum Gasteiger partial charge on any atom is 0.291 e. The van der Waals surface area contributed by atoms with Crippen molar-refractivity contribution in [3.05, 3.63) is 66.0 Å². The molecule has 0 fully saturated rings. The average molecular weight is 389 g/mol. The molecule has 0 atom stereocenters. The minimum absolute atomic E-state index is 0.134. The molecule has 4 heterocycles. The zero-order valence-corrected chi connectivity index (χ0v) is 16.2. The van der Waals surface area contributed by atoms with E-state index in [4.69, 9.17) is 0 Å². The molecular formula is C20H19N7O2. The van der Waals surface area contributed by atoms with Crippen molar-refractivity contribution >= 4 is 28.4 Å². The molecule has 0 aliphatic carbocycles. The lowest BCUT2D eigenvalue weighted by Crippen LogP contribution is -2.14. The highest BCUT2D eigenvalue weighted by atomic mass is 16.2. The van der Waals surface area contributed by atoms with Gasteiger partial charge in [0.2, 0.25) is 0 Å². The summed E-state index contributed by atoms with van der Waals surface area (Å²) in [5.74, 6) is -0.438. The second kappa shape index (κ2) is 7.27. The van der Waals surface area contributed by atoms with E-state index in [0.717, 1.165) is 5.69 Å². The summed E-state index contributed by atoms with van der Waals surface area (Å²) in [7, 11) is 0. The highest BCUT2D eigenvalue weighted by Crippen LogP contribution is 2.25. The monoisotopic (exact) mass is 389 g/mol. The van der Waals surface area contributed by atoms with Gasteiger partial charge >= 0.3 is 0 Å². The first kappa shape index (κ1) is 18.5. The lowest BCUT2D eigenvalue weighted by atomic mass is 10.1. The van der Waals surface area contributed by atoms with Crippen LogP contribution in [0.1, 0.15) is 52.1 Å². The van der Waals surface area contributed by atoms with E-state index < -0.39 is 5.91 Å². The lowest BCUT2D eigenvalue weighted by Gasteiger charge is -2.07. The topological polar surface area (TPSA) is 118 Å². The molecule has 0 radical (unpaired) electrons. The third kappa shape index (κ3) is 3.49. The van der Waals surface area contributed by atoms with E-state index in [0.29, 0.717) is 27.8 Å². The zero-order chi connectivity index (χ0) is 20.5. The number of rotatable bonds is 5. The van der Waals surface area contributed by atoms with Crippen molar-refractivity contribution in [3.8, 4) is 0 Å². The van der Waals surface area contributed by atoms with E-state index in [9.17, 15) is 9.59 Å². The van der Waals surface area contributed by atoms with Crippen LogP contribution in [-0.2, 0) is 0 Å². The minimum Gasteiger partial charge on any atom is -0.338 e. The standard InChI is InChI=1S/C20H19N7O2/c1-11(2)27-9-16(15-8-22-10-24-19(15)27)17(28)13-4-14(7-21-6-13)26-20(29)18-23-5-12(3)25-18/h4-11H,1-3H3,(H,23,25)(H,26,29). The summed E-state index contributed by atoms with van der Waals surface area (Å²) < 4.78 is 1.93. The maximum atomic E-state index is 13.2. The normalized spacial score (nSPS) is 11.2. The molecular weight excluding hydrogens is 370 g/mol. The largest absolute Gasteiger partial charge is 0.338 e. The van der Waals surface area contributed by atoms with Crippen molar-refractivity contribution in [2.24, 2.45) is 0 Å². The molecule has 4 rings (SSSR count). The Morgan fingerprint density at radius 3 is 2.66 bits per heavy atom. The van der Waals surface area contributed by atoms with Crippen LogP contribution >= 0.6 is 0 Å². The van der Waals surface area contributed by atoms with Crippen LogP contribution in [0.3, 0.4) is 0 Å². The van der Waals surface area contributed by atoms with Gasteiger partial charge in [-0.15, -0.1) is 0 Å². The molecule has 0 aliphatic rings. The Labute approximate surface area is 166 Å². The molecule has 0 bridgehead atoms. The summed E-state index contributed by atoms with van der Waals surface area (Å²) >= 11 is 0. The summed E-state index contributed by atoms with van der Waals surface area (Å²) in [6.07, 6.45) is 9.39. The first-order valence-electron chi connectivity index (χ1n) is 9.07. The van der Waals surface area contributed by atoms with Crippen molar-refractivity contribution in [2.45, 2.75) is 26.8 Å². The van der Waals surface area contributed by atoms with E-state index >= 15 is 0 Å². The minimum atomic E-state index is -0.408. The van der Waals surface area contributed by atoms with Crippen molar-refractivity contribution in [1.82, 2.24) is 29.5 Å². The zero-order valence-electron chi connectivity index (χ0n) is 16.2. The van der Waals surface area contributed by atoms with Gasteiger partial charge in [0.1, 0.15) is 12.0 Å². The number of aryl methyl sites for hydroxylation is 1. The number of carbonyl (C=O) groups excluding carboxylic acids is 2. The average Bonchev–Trinajstić information content (AvgIpc) is 3.32. The smallest absolute Gasteiger partial charge is 0.291 e. The fourth-order valence-corrected chi connectivity index (χ4v) is 3.07. The number of aromatic nitrogens is 6. The SMILES string of the molecule is Cc1cnc(C(=O)Nc2cncc(C(=O)c3cn(C(C)C)c4ncncc34)c2)[nH]1. The third-order valence-corrected chi connectivity index (χ3v) is 4.47. The van der Waals surface area contributed by atoms with Gasteiger partial charge in [-0.1, -0.05) is 0 Å². The molecule has 4 aromatic heterocycles. The van der Waals surface area contributed by atoms with Crippen LogP contribution in [0, 0.1) is 6.92 Å². The highest BCUT2D eigenvalue weighted by molar-refractivity contribution is 6.16. The molecule has 0 spiro atoms. The first-order valence-corrected chi connectivity index (χ1v) is 9.07. The number of H-pyrrole nitrogens is 1. The van der Waals surface area contributed by atoms with Gasteiger partial charge < -0.3 is 14.9 Å². The van der Waals surface area contributed by atoms with Crippen LogP contribution in [0.15, 0.2) is 43.4 Å². The van der Waals surface area contributed by atoms with Gasteiger partial charge in [-0.25, -0.2) is 15.0 Å². The number of ketones is 1. The van der Waals surface area contributed by atoms with Crippen molar-refractivity contribution in [3.63, 3.8) is 0 Å². The number of hydrogen-bond acceptors (Lipinski definition) is 6. The predicted molar refractivity (Wildman–Crippen MR) is 107 cm³/mol. The van der Waals surface area contributed by atoms with Crippen molar-refractivity contribution in [2.75, 3.05) is 5.32 Å². The number of pyridine rings is 1. The van der Waals surface area contributed by atoms with Gasteiger partial charge in [0.25, 0.3) is 5.91 Å². The van der Waals surface area contributed by atoms with Crippen LogP contribution in [-0.4, -0.2) is 41.2 Å². The van der Waals surface area contributed by atoms with E-state index in [1.165, 1.54) is 18.7 Å². The Bertz CT molecular complexity index is 1220. The predicted octanol–water partition coefficient (Wildman–Crippen LogP) is 2.92. The second-order valence-electron chi connectivity index (χ2n) is 6.96. The maximum absolute atomic E-state index is 13.2. The molecule has 0 saturated carbocycles. The van der Waals surface area contributed by atoms with Gasteiger partial charge in [0.05, 0.1) is 17.4 Å². The number of nitrogens with zero attached hydrogens (tertiary/aromatic N) is 5. The number of anilines is 1. The van der Waals surface area contributed by atoms with Crippen LogP contribution in [0.2, 0.25) is 0 Å². The molecule has 9 heteroatoms. The van der Waals surface area contributed by atoms with Gasteiger partial charge in [-0.05, 0) is 26.8 Å². The van der Waals surface area contributed by atoms with Crippen LogP contribution in [0.4, 0.5) is 5.69 Å². The number of aromatic amines is 1. The second-order valence-corrected chi connectivity index (χ2v) is 6.96. The third-order valence-electron chi connectivity index (χ3n) is 4.47. The van der Waals surface area contributed by atoms with Crippen LogP contribution in [0.5, 0.6) is 0 Å². The number of carbonyl (C=O) groups is 2. The number of hydrogen-bond donors (Lipinski definition) is 2. The van der Waals surface area contributed by atoms with E-state index in [1.807, 2.05) is 25.3 Å². The Balaban J connectivity index is 1.66. The van der Waals surface area contributed by atoms with Crippen LogP contribution in [0.25, 0.3) is 11.0 Å². The van der Waals surface area contributed by atoms with E-state index in [-0.39, 0.29) is 17.6 Å². The number of amides is 1. The molecule has 0 aliphatic heterocycles. The highest BCUT2D eigenvalue weighted by Gasteiger charge is 2.20. The summed E-state index contributed by atoms with van der Waals surface area (Å²) in [6.45, 7) is 5.84. The molecule has 1 amide bonds. The van der Waals surface area contributed by atoms with E-state index in [1.54, 1.807) is 24.7 Å². The van der Waals surface area contributed by atoms with E-state index in [2.05, 4.69) is 30.2 Å². The Morgan fingerprint density at radius 2 is 1.93 bits per heavy atom. The quantitative estimate of drug-likeness (QED) is 0.507. The van der Waals surface area contributed by atoms with Gasteiger partial charge in [0, 0.05) is 47.5 Å². The molecule has 0 unspecified atom stereocenters. The van der Waals surface area contributed by atoms with Gasteiger partial charge in [0.15, 0.2) is 11.6 Å². The summed E-state index contributed by atoms with van der Waals surface area (Å²) in [4.78, 5) is 44.8. The molecule has 9 nitrogen and oxygen atoms in total. The molecule has 0 aromatic carbocycles. The summed E-state index contributed by atoms with van der Waals surface area (Å²) in [5.41, 5.74) is 2.72. The molecule has 4 aromatic rings. The molecule has 29 heavy (non-hydrogen) atoms. The Morgan fingerprint density at radius 1 is 1.10 bits per heavy atom. The summed E-state index contributed by atoms with van der Waals surface area (Å²) in [5, 5.41) is 3.37. The fraction of sp³-hybridized carbons (Fsp3) is 0.200. The number of imidazole rings is 1. The van der Waals surface area contributed by atoms with Crippen molar-refractivity contribution < 1.29 is 9.59 Å². The van der Waals surface area contributed by atoms with Gasteiger partial charge in [-0.2, -0.15) is 0 Å². The Kier molecular flexibility index (Phi) is 4.63. The van der Waals surface area contributed by atoms with Gasteiger partial charge in [-0.3, -0.25) is 14.6 Å². The lowest BCUT2D eigenvalue weighted by molar-refractivity contribution is 0.101. The fourth-order valence-electron chi connectivity index (χ4n) is 3.07. The first-order chi connectivity index (χ1) is 13.9. The molecule has 146 valence electrons. The van der Waals surface area contributed by atoms with Crippen molar-refractivity contribution in [1.29, 1.82) is 0 Å². The molecule has 2 N–H and O–H groups in total. The number of nitrogens with one attached hydrogen (secondary N) is 2. The summed E-state index contributed by atoms with van der Waals surface area (Å²) in [6, 6.07) is 1.72. The van der Waals surface area contributed by atoms with Crippen LogP contribution < -0.4 is 5.32 Å². The molecule has 0 saturated heterocycles. The number of fused-ring (bicyclic) bond motifs is 1. The Hall–Kier alpha value is -3.88.